The number of carbonyl (C=O) groups excluding carboxylic acids is 3. The van der Waals surface area contributed by atoms with Crippen molar-refractivity contribution in [2.24, 2.45) is 11.8 Å². The van der Waals surface area contributed by atoms with E-state index in [2.05, 4.69) is 6.58 Å². The molecule has 2 amide bonds. The Morgan fingerprint density at radius 3 is 2.85 bits per heavy atom. The zero-order chi connectivity index (χ0) is 23.9. The molecule has 3 saturated heterocycles. The molecule has 1 aromatic carbocycles. The molecule has 33 heavy (non-hydrogen) atoms. The van der Waals surface area contributed by atoms with Gasteiger partial charge in [0, 0.05) is 13.1 Å². The number of halogens is 1. The van der Waals surface area contributed by atoms with Crippen LogP contribution in [-0.4, -0.2) is 71.8 Å². The fraction of sp³-hybridized carbons (Fsp3) is 0.542. The van der Waals surface area contributed by atoms with Crippen LogP contribution in [0.1, 0.15) is 25.3 Å². The molecular weight excluding hydrogens is 448 g/mol. The number of benzene rings is 1. The van der Waals surface area contributed by atoms with E-state index in [1.54, 1.807) is 25.1 Å². The molecule has 0 radical (unpaired) electrons. The highest BCUT2D eigenvalue weighted by atomic mass is 35.5. The second-order valence-corrected chi connectivity index (χ2v) is 9.11. The van der Waals surface area contributed by atoms with E-state index in [-0.39, 0.29) is 38.1 Å². The minimum atomic E-state index is -1.15. The van der Waals surface area contributed by atoms with Crippen molar-refractivity contribution < 1.29 is 29.0 Å². The summed E-state index contributed by atoms with van der Waals surface area (Å²) in [6, 6.07) is 4.36. The van der Waals surface area contributed by atoms with Crippen molar-refractivity contribution >= 4 is 35.1 Å². The van der Waals surface area contributed by atoms with Crippen LogP contribution >= 0.6 is 11.6 Å². The second-order valence-electron chi connectivity index (χ2n) is 8.71. The molecule has 0 saturated carbocycles. The van der Waals surface area contributed by atoms with Crippen LogP contribution in [0.15, 0.2) is 30.9 Å². The van der Waals surface area contributed by atoms with Crippen molar-refractivity contribution in [3.8, 4) is 0 Å². The van der Waals surface area contributed by atoms with Crippen LogP contribution < -0.4 is 4.90 Å². The third kappa shape index (κ3) is 3.55. The average molecular weight is 477 g/mol. The molecule has 8 nitrogen and oxygen atoms in total. The van der Waals surface area contributed by atoms with E-state index in [1.165, 1.54) is 9.80 Å². The normalized spacial score (nSPS) is 29.8. The Balaban J connectivity index is 1.79. The average Bonchev–Trinajstić information content (AvgIpc) is 3.41. The van der Waals surface area contributed by atoms with Crippen LogP contribution in [0.4, 0.5) is 5.69 Å². The number of likely N-dealkylation sites (tertiary alicyclic amines) is 1. The van der Waals surface area contributed by atoms with Gasteiger partial charge >= 0.3 is 5.97 Å². The van der Waals surface area contributed by atoms with Gasteiger partial charge in [-0.05, 0) is 38.3 Å². The van der Waals surface area contributed by atoms with Crippen LogP contribution in [0.2, 0.25) is 5.02 Å². The van der Waals surface area contributed by atoms with Crippen molar-refractivity contribution in [1.29, 1.82) is 0 Å². The monoisotopic (exact) mass is 476 g/mol. The van der Waals surface area contributed by atoms with Crippen LogP contribution in [0.5, 0.6) is 0 Å². The first-order valence-corrected chi connectivity index (χ1v) is 11.6. The maximum absolute atomic E-state index is 14.1. The molecule has 1 spiro atoms. The molecule has 0 aliphatic carbocycles. The molecule has 3 aliphatic heterocycles. The topological polar surface area (TPSA) is 96.4 Å². The van der Waals surface area contributed by atoms with Crippen molar-refractivity contribution in [3.05, 3.63) is 41.4 Å². The molecular formula is C24H29ClN2O6. The molecule has 9 heteroatoms. The summed E-state index contributed by atoms with van der Waals surface area (Å²) >= 11 is 6.48. The summed E-state index contributed by atoms with van der Waals surface area (Å²) < 4.78 is 11.6. The lowest BCUT2D eigenvalue weighted by Gasteiger charge is -2.37. The first-order chi connectivity index (χ1) is 15.8. The number of aliphatic hydroxyl groups is 1. The summed E-state index contributed by atoms with van der Waals surface area (Å²) in [6.45, 7) is 7.35. The molecule has 3 heterocycles. The number of hydrogen-bond donors (Lipinski definition) is 1. The molecule has 3 fully saturated rings. The maximum atomic E-state index is 14.1. The summed E-state index contributed by atoms with van der Waals surface area (Å²) in [4.78, 5) is 43.3. The number of anilines is 1. The molecule has 178 valence electrons. The van der Waals surface area contributed by atoms with Gasteiger partial charge in [-0.15, -0.1) is 6.58 Å². The third-order valence-corrected chi connectivity index (χ3v) is 7.27. The Bertz CT molecular complexity index is 963. The number of nitrogens with zero attached hydrogens (tertiary/aromatic N) is 2. The second kappa shape index (κ2) is 9.08. The van der Waals surface area contributed by atoms with Gasteiger partial charge in [-0.2, -0.15) is 0 Å². The van der Waals surface area contributed by atoms with Crippen LogP contribution in [0.25, 0.3) is 0 Å². The number of ether oxygens (including phenoxy) is 2. The Morgan fingerprint density at radius 2 is 2.21 bits per heavy atom. The van der Waals surface area contributed by atoms with Gasteiger partial charge in [-0.1, -0.05) is 29.8 Å². The van der Waals surface area contributed by atoms with E-state index in [9.17, 15) is 19.5 Å². The molecule has 1 aromatic rings. The van der Waals surface area contributed by atoms with Gasteiger partial charge < -0.3 is 24.4 Å². The quantitative estimate of drug-likeness (QED) is 0.456. The highest BCUT2D eigenvalue weighted by Crippen LogP contribution is 2.59. The number of hydrogen-bond acceptors (Lipinski definition) is 6. The zero-order valence-corrected chi connectivity index (χ0v) is 19.6. The number of amides is 2. The summed E-state index contributed by atoms with van der Waals surface area (Å²) in [6.07, 6.45) is 2.14. The Hall–Kier alpha value is -2.42. The molecule has 2 unspecified atom stereocenters. The van der Waals surface area contributed by atoms with Gasteiger partial charge in [0.05, 0.1) is 41.9 Å². The number of aliphatic hydroxyl groups excluding tert-OH is 1. The van der Waals surface area contributed by atoms with Crippen LogP contribution in [0.3, 0.4) is 0 Å². The van der Waals surface area contributed by atoms with E-state index < -0.39 is 35.6 Å². The molecule has 1 N–H and O–H groups in total. The highest BCUT2D eigenvalue weighted by molar-refractivity contribution is 6.34. The molecule has 5 atom stereocenters. The number of para-hydroxylation sites is 1. The fourth-order valence-corrected chi connectivity index (χ4v) is 6.14. The van der Waals surface area contributed by atoms with Crippen LogP contribution in [0, 0.1) is 18.8 Å². The van der Waals surface area contributed by atoms with Gasteiger partial charge in [0.1, 0.15) is 11.6 Å². The van der Waals surface area contributed by atoms with Crippen molar-refractivity contribution in [1.82, 2.24) is 4.90 Å². The number of fused-ring (bicyclic) bond motifs is 1. The molecule has 3 aliphatic rings. The smallest absolute Gasteiger partial charge is 0.312 e. The fourth-order valence-electron chi connectivity index (χ4n) is 5.82. The predicted octanol–water partition coefficient (Wildman–Crippen LogP) is 2.10. The number of rotatable bonds is 8. The lowest BCUT2D eigenvalue weighted by molar-refractivity contribution is -0.154. The van der Waals surface area contributed by atoms with Gasteiger partial charge in [0.25, 0.3) is 5.91 Å². The summed E-state index contributed by atoms with van der Waals surface area (Å²) in [5.41, 5.74) is 0.181. The van der Waals surface area contributed by atoms with E-state index in [1.807, 2.05) is 13.0 Å². The SMILES string of the molecule is C=CCN(C(=O)C1N(CCO)C(=O)[C@@H]2[C@@H](C(=O)OCC)[C@H]3CCC12O3)c1c(C)cccc1Cl. The predicted molar refractivity (Wildman–Crippen MR) is 122 cm³/mol. The lowest BCUT2D eigenvalue weighted by Crippen LogP contribution is -2.57. The number of esters is 1. The van der Waals surface area contributed by atoms with Crippen LogP contribution in [-0.2, 0) is 23.9 Å². The minimum absolute atomic E-state index is 0.0412. The first kappa shape index (κ1) is 23.7. The van der Waals surface area contributed by atoms with E-state index in [0.29, 0.717) is 23.6 Å². The minimum Gasteiger partial charge on any atom is -0.466 e. The van der Waals surface area contributed by atoms with E-state index in [0.717, 1.165) is 5.56 Å². The molecule has 0 aromatic heterocycles. The zero-order valence-electron chi connectivity index (χ0n) is 18.8. The van der Waals surface area contributed by atoms with Crippen molar-refractivity contribution in [3.63, 3.8) is 0 Å². The standard InChI is InChI=1S/C24H29ClN2O6/c1-4-11-26(19-14(3)7-6-8-15(19)25)22(30)20-24-10-9-16(33-24)17(23(31)32-5-2)18(24)21(29)27(20)12-13-28/h4,6-8,16-18,20,28H,1,5,9-13H2,2-3H3/t16-,17+,18+,20?,24?/m1/s1. The van der Waals surface area contributed by atoms with E-state index in [4.69, 9.17) is 21.1 Å². The molecule has 4 rings (SSSR count). The largest absolute Gasteiger partial charge is 0.466 e. The summed E-state index contributed by atoms with van der Waals surface area (Å²) in [5, 5.41) is 10.1. The van der Waals surface area contributed by atoms with Crippen molar-refractivity contribution in [2.45, 2.75) is 44.4 Å². The molecule has 2 bridgehead atoms. The number of β-amino-alcohol motifs (C(OH)–C–C–N with tert-alkyl or cyclic N) is 1. The van der Waals surface area contributed by atoms with Crippen molar-refractivity contribution in [2.75, 3.05) is 31.2 Å². The first-order valence-electron chi connectivity index (χ1n) is 11.3. The Kier molecular flexibility index (Phi) is 6.53. The summed E-state index contributed by atoms with van der Waals surface area (Å²) in [7, 11) is 0. The lowest BCUT2D eigenvalue weighted by atomic mass is 9.70. The maximum Gasteiger partial charge on any atom is 0.312 e. The third-order valence-electron chi connectivity index (χ3n) is 6.97. The van der Waals surface area contributed by atoms with Gasteiger partial charge in [-0.3, -0.25) is 14.4 Å². The highest BCUT2D eigenvalue weighted by Gasteiger charge is 2.75. The number of aryl methyl sites for hydroxylation is 1. The number of carbonyl (C=O) groups is 3. The van der Waals surface area contributed by atoms with Gasteiger partial charge in [0.2, 0.25) is 5.91 Å². The summed E-state index contributed by atoms with van der Waals surface area (Å²) in [5.74, 6) is -2.81. The van der Waals surface area contributed by atoms with Gasteiger partial charge in [0.15, 0.2) is 0 Å². The Morgan fingerprint density at radius 1 is 1.45 bits per heavy atom. The van der Waals surface area contributed by atoms with E-state index >= 15 is 0 Å². The van der Waals surface area contributed by atoms with Gasteiger partial charge in [-0.25, -0.2) is 0 Å². The Labute approximate surface area is 198 Å².